The number of carbonyl (C=O) groups is 1. The zero-order valence-corrected chi connectivity index (χ0v) is 15.7. The van der Waals surface area contributed by atoms with Gasteiger partial charge in [-0.2, -0.15) is 0 Å². The number of benzene rings is 1. The third-order valence-corrected chi connectivity index (χ3v) is 7.18. The molecule has 1 saturated carbocycles. The average molecular weight is 365 g/mol. The van der Waals surface area contributed by atoms with Crippen molar-refractivity contribution < 1.29 is 13.2 Å². The topological polar surface area (TPSA) is 78.5 Å². The van der Waals surface area contributed by atoms with Gasteiger partial charge in [0.15, 0.2) is 0 Å². The van der Waals surface area contributed by atoms with Crippen molar-refractivity contribution in [2.45, 2.75) is 55.6 Å². The monoisotopic (exact) mass is 365 g/mol. The van der Waals surface area contributed by atoms with Crippen LogP contribution in [-0.4, -0.2) is 44.8 Å². The molecule has 2 aliphatic rings. The standard InChI is InChI=1S/C18H27N3O3S/c1-21(2)25(23,24)15-9-7-13(8-10-15)12-19-18(22)17-11-14-5-3-4-6-16(14)20-17/h7-10,14,16-17,20H,3-6,11-12H2,1-2H3,(H,19,22). The average Bonchev–Trinajstić information content (AvgIpc) is 3.04. The van der Waals surface area contributed by atoms with Crippen molar-refractivity contribution >= 4 is 15.9 Å². The van der Waals surface area contributed by atoms with E-state index in [9.17, 15) is 13.2 Å². The van der Waals surface area contributed by atoms with Gasteiger partial charge in [0.2, 0.25) is 15.9 Å². The summed E-state index contributed by atoms with van der Waals surface area (Å²) in [6, 6.07) is 7.07. The van der Waals surface area contributed by atoms with Crippen molar-refractivity contribution in [3.05, 3.63) is 29.8 Å². The van der Waals surface area contributed by atoms with Crippen molar-refractivity contribution in [2.75, 3.05) is 14.1 Å². The van der Waals surface area contributed by atoms with Gasteiger partial charge in [0.25, 0.3) is 0 Å². The molecule has 1 aromatic carbocycles. The Morgan fingerprint density at radius 1 is 1.20 bits per heavy atom. The van der Waals surface area contributed by atoms with E-state index in [0.29, 0.717) is 18.5 Å². The molecule has 3 rings (SSSR count). The number of nitrogens with one attached hydrogen (secondary N) is 2. The summed E-state index contributed by atoms with van der Waals surface area (Å²) in [5.41, 5.74) is 0.890. The van der Waals surface area contributed by atoms with Gasteiger partial charge >= 0.3 is 0 Å². The first kappa shape index (κ1) is 18.4. The van der Waals surface area contributed by atoms with E-state index in [4.69, 9.17) is 0 Å². The Morgan fingerprint density at radius 2 is 1.88 bits per heavy atom. The lowest BCUT2D eigenvalue weighted by molar-refractivity contribution is -0.123. The zero-order chi connectivity index (χ0) is 18.0. The van der Waals surface area contributed by atoms with Crippen LogP contribution in [0.2, 0.25) is 0 Å². The number of nitrogens with zero attached hydrogens (tertiary/aromatic N) is 1. The van der Waals surface area contributed by atoms with E-state index in [2.05, 4.69) is 10.6 Å². The minimum absolute atomic E-state index is 0.0411. The molecule has 2 N–H and O–H groups in total. The highest BCUT2D eigenvalue weighted by molar-refractivity contribution is 7.89. The third kappa shape index (κ3) is 4.04. The SMILES string of the molecule is CN(C)S(=O)(=O)c1ccc(CNC(=O)C2CC3CCCCC3N2)cc1. The molecule has 1 aliphatic carbocycles. The van der Waals surface area contributed by atoms with E-state index in [1.54, 1.807) is 24.3 Å². The molecule has 25 heavy (non-hydrogen) atoms. The molecule has 1 aromatic rings. The Balaban J connectivity index is 1.54. The molecule has 3 unspecified atom stereocenters. The Kier molecular flexibility index (Phi) is 5.46. The highest BCUT2D eigenvalue weighted by Crippen LogP contribution is 2.33. The molecule has 0 aromatic heterocycles. The summed E-state index contributed by atoms with van der Waals surface area (Å²) in [4.78, 5) is 12.7. The molecule has 3 atom stereocenters. The highest BCUT2D eigenvalue weighted by Gasteiger charge is 2.37. The largest absolute Gasteiger partial charge is 0.351 e. The first-order chi connectivity index (χ1) is 11.9. The predicted molar refractivity (Wildman–Crippen MR) is 96.4 cm³/mol. The van der Waals surface area contributed by atoms with Gasteiger partial charge in [0.1, 0.15) is 0 Å². The Labute approximate surface area is 150 Å². The van der Waals surface area contributed by atoms with E-state index >= 15 is 0 Å². The van der Waals surface area contributed by atoms with Crippen LogP contribution in [-0.2, 0) is 21.4 Å². The minimum atomic E-state index is -3.41. The fourth-order valence-corrected chi connectivity index (χ4v) is 4.73. The van der Waals surface area contributed by atoms with Crippen LogP contribution in [0.4, 0.5) is 0 Å². The van der Waals surface area contributed by atoms with Crippen molar-refractivity contribution in [1.29, 1.82) is 0 Å². The normalized spacial score (nSPS) is 26.4. The van der Waals surface area contributed by atoms with Crippen LogP contribution < -0.4 is 10.6 Å². The number of amides is 1. The molecule has 0 spiro atoms. The molecule has 0 bridgehead atoms. The molecule has 0 radical (unpaired) electrons. The van der Waals surface area contributed by atoms with Crippen molar-refractivity contribution in [3.63, 3.8) is 0 Å². The van der Waals surface area contributed by atoms with Crippen LogP contribution >= 0.6 is 0 Å². The Morgan fingerprint density at radius 3 is 2.52 bits per heavy atom. The van der Waals surface area contributed by atoms with Crippen molar-refractivity contribution in [3.8, 4) is 0 Å². The zero-order valence-electron chi connectivity index (χ0n) is 14.9. The van der Waals surface area contributed by atoms with E-state index < -0.39 is 10.0 Å². The summed E-state index contributed by atoms with van der Waals surface area (Å²) in [6.07, 6.45) is 5.86. The molecule has 1 aliphatic heterocycles. The molecule has 1 heterocycles. The second-order valence-electron chi connectivity index (χ2n) is 7.26. The maximum Gasteiger partial charge on any atom is 0.242 e. The van der Waals surface area contributed by atoms with Crippen molar-refractivity contribution in [1.82, 2.24) is 14.9 Å². The van der Waals surface area contributed by atoms with Crippen LogP contribution in [0, 0.1) is 5.92 Å². The fourth-order valence-electron chi connectivity index (χ4n) is 3.82. The van der Waals surface area contributed by atoms with Crippen molar-refractivity contribution in [2.24, 2.45) is 5.92 Å². The van der Waals surface area contributed by atoms with Crippen LogP contribution in [0.15, 0.2) is 29.2 Å². The molecule has 2 fully saturated rings. The number of fused-ring (bicyclic) bond motifs is 1. The second kappa shape index (κ2) is 7.43. The van der Waals surface area contributed by atoms with Gasteiger partial charge in [-0.1, -0.05) is 25.0 Å². The third-order valence-electron chi connectivity index (χ3n) is 5.35. The van der Waals surface area contributed by atoms with Crippen LogP contribution in [0.1, 0.15) is 37.7 Å². The smallest absolute Gasteiger partial charge is 0.242 e. The number of sulfonamides is 1. The Hall–Kier alpha value is -1.44. The number of hydrogen-bond donors (Lipinski definition) is 2. The quantitative estimate of drug-likeness (QED) is 0.828. The number of hydrogen-bond acceptors (Lipinski definition) is 4. The van der Waals surface area contributed by atoms with Gasteiger partial charge in [-0.15, -0.1) is 0 Å². The van der Waals surface area contributed by atoms with E-state index in [1.807, 2.05) is 0 Å². The van der Waals surface area contributed by atoms with Gasteiger partial charge in [-0.05, 0) is 42.9 Å². The fraction of sp³-hybridized carbons (Fsp3) is 0.611. The molecule has 7 heteroatoms. The van der Waals surface area contributed by atoms with Gasteiger partial charge < -0.3 is 10.6 Å². The molecule has 1 amide bonds. The van der Waals surface area contributed by atoms with E-state index in [-0.39, 0.29) is 16.8 Å². The summed E-state index contributed by atoms with van der Waals surface area (Å²) in [5, 5.41) is 6.44. The van der Waals surface area contributed by atoms with E-state index in [1.165, 1.54) is 44.1 Å². The van der Waals surface area contributed by atoms with Gasteiger partial charge in [-0.3, -0.25) is 4.79 Å². The maximum absolute atomic E-state index is 12.4. The maximum atomic E-state index is 12.4. The summed E-state index contributed by atoms with van der Waals surface area (Å²) < 4.78 is 25.3. The first-order valence-electron chi connectivity index (χ1n) is 8.93. The van der Waals surface area contributed by atoms with Gasteiger partial charge in [0.05, 0.1) is 10.9 Å². The Bertz CT molecular complexity index is 702. The van der Waals surface area contributed by atoms with Crippen LogP contribution in [0.3, 0.4) is 0 Å². The lowest BCUT2D eigenvalue weighted by Gasteiger charge is -2.24. The number of carbonyl (C=O) groups excluding carboxylic acids is 1. The van der Waals surface area contributed by atoms with E-state index in [0.717, 1.165) is 12.0 Å². The van der Waals surface area contributed by atoms with Crippen LogP contribution in [0.25, 0.3) is 0 Å². The molecule has 1 saturated heterocycles. The van der Waals surface area contributed by atoms with Gasteiger partial charge in [-0.25, -0.2) is 12.7 Å². The summed E-state index contributed by atoms with van der Waals surface area (Å²) in [6.45, 7) is 0.411. The van der Waals surface area contributed by atoms with Gasteiger partial charge in [0, 0.05) is 26.7 Å². The summed E-state index contributed by atoms with van der Waals surface area (Å²) in [7, 11) is -0.395. The lowest BCUT2D eigenvalue weighted by Crippen LogP contribution is -2.42. The number of rotatable bonds is 5. The molecular weight excluding hydrogens is 338 g/mol. The summed E-state index contributed by atoms with van der Waals surface area (Å²) >= 11 is 0. The molecule has 138 valence electrons. The minimum Gasteiger partial charge on any atom is -0.351 e. The second-order valence-corrected chi connectivity index (χ2v) is 9.41. The highest BCUT2D eigenvalue weighted by atomic mass is 32.2. The first-order valence-corrected chi connectivity index (χ1v) is 10.4. The lowest BCUT2D eigenvalue weighted by atomic mass is 9.85. The summed E-state index contributed by atoms with van der Waals surface area (Å²) in [5.74, 6) is 0.680. The van der Waals surface area contributed by atoms with Crippen LogP contribution in [0.5, 0.6) is 0 Å². The molecule has 6 nitrogen and oxygen atoms in total. The predicted octanol–water partition coefficient (Wildman–Crippen LogP) is 1.47. The molecular formula is C18H27N3O3S.